The molecule has 2 unspecified atom stereocenters. The number of aryl methyl sites for hydroxylation is 1. The second-order valence-corrected chi connectivity index (χ2v) is 5.43. The first-order valence-electron chi connectivity index (χ1n) is 7.19. The predicted octanol–water partition coefficient (Wildman–Crippen LogP) is 2.91. The molecule has 110 valence electrons. The predicted molar refractivity (Wildman–Crippen MR) is 78.8 cm³/mol. The van der Waals surface area contributed by atoms with Gasteiger partial charge < -0.3 is 14.8 Å². The van der Waals surface area contributed by atoms with Gasteiger partial charge in [-0.15, -0.1) is 0 Å². The van der Waals surface area contributed by atoms with E-state index in [0.717, 1.165) is 5.69 Å². The normalized spacial score (nSPS) is 26.1. The first-order valence-corrected chi connectivity index (χ1v) is 7.19. The van der Waals surface area contributed by atoms with Crippen molar-refractivity contribution < 1.29 is 14.3 Å². The molecule has 0 aromatic heterocycles. The summed E-state index contributed by atoms with van der Waals surface area (Å²) >= 11 is 0. The maximum Gasteiger partial charge on any atom is 0.331 e. The maximum atomic E-state index is 12.4. The van der Waals surface area contributed by atoms with Crippen LogP contribution in [0, 0.1) is 6.92 Å². The average molecular weight is 277 g/mol. The summed E-state index contributed by atoms with van der Waals surface area (Å²) in [6, 6.07) is 8.06. The summed E-state index contributed by atoms with van der Waals surface area (Å²) in [4.78, 5) is 12.4. The number of rotatable bonds is 4. The summed E-state index contributed by atoms with van der Waals surface area (Å²) in [6.07, 6.45) is 1.30. The molecule has 1 N–H and O–H groups in total. The molecule has 1 saturated heterocycles. The highest BCUT2D eigenvalue weighted by Crippen LogP contribution is 2.30. The molecular weight excluding hydrogens is 254 g/mol. The molecule has 1 aliphatic rings. The minimum atomic E-state index is -0.678. The van der Waals surface area contributed by atoms with Gasteiger partial charge in [0.05, 0.1) is 12.7 Å². The number of anilines is 1. The van der Waals surface area contributed by atoms with Crippen LogP contribution in [-0.4, -0.2) is 30.8 Å². The molecule has 1 heterocycles. The SMILES string of the molecule is CCOC(=O)C1(Nc2ccc(C)cc2)CCOC(C)C1. The summed E-state index contributed by atoms with van der Waals surface area (Å²) in [6.45, 7) is 6.83. The monoisotopic (exact) mass is 277 g/mol. The molecule has 2 atom stereocenters. The number of hydrogen-bond donors (Lipinski definition) is 1. The van der Waals surface area contributed by atoms with Gasteiger partial charge in [-0.3, -0.25) is 0 Å². The zero-order valence-electron chi connectivity index (χ0n) is 12.4. The Kier molecular flexibility index (Phi) is 4.65. The number of nitrogens with one attached hydrogen (secondary N) is 1. The van der Waals surface area contributed by atoms with Crippen LogP contribution < -0.4 is 5.32 Å². The van der Waals surface area contributed by atoms with Crippen LogP contribution in [-0.2, 0) is 14.3 Å². The molecule has 0 amide bonds. The second-order valence-electron chi connectivity index (χ2n) is 5.43. The van der Waals surface area contributed by atoms with Gasteiger partial charge in [0, 0.05) is 25.1 Å². The topological polar surface area (TPSA) is 47.6 Å². The molecule has 0 saturated carbocycles. The number of carbonyl (C=O) groups is 1. The molecule has 0 aliphatic carbocycles. The third kappa shape index (κ3) is 3.31. The third-order valence-electron chi connectivity index (χ3n) is 3.67. The van der Waals surface area contributed by atoms with Gasteiger partial charge in [0.2, 0.25) is 0 Å². The summed E-state index contributed by atoms with van der Waals surface area (Å²) < 4.78 is 10.8. The molecule has 20 heavy (non-hydrogen) atoms. The maximum absolute atomic E-state index is 12.4. The van der Waals surface area contributed by atoms with Crippen molar-refractivity contribution in [2.45, 2.75) is 45.3 Å². The molecule has 1 fully saturated rings. The fraction of sp³-hybridized carbons (Fsp3) is 0.562. The first kappa shape index (κ1) is 14.9. The van der Waals surface area contributed by atoms with Crippen molar-refractivity contribution >= 4 is 11.7 Å². The number of benzene rings is 1. The minimum Gasteiger partial charge on any atom is -0.464 e. The lowest BCUT2D eigenvalue weighted by atomic mass is 9.86. The highest BCUT2D eigenvalue weighted by molar-refractivity contribution is 5.84. The van der Waals surface area contributed by atoms with Crippen LogP contribution in [0.2, 0.25) is 0 Å². The lowest BCUT2D eigenvalue weighted by molar-refractivity contribution is -0.153. The highest BCUT2D eigenvalue weighted by Gasteiger charge is 2.43. The zero-order chi connectivity index (χ0) is 14.6. The molecule has 4 nitrogen and oxygen atoms in total. The van der Waals surface area contributed by atoms with Crippen molar-refractivity contribution in [3.05, 3.63) is 29.8 Å². The highest BCUT2D eigenvalue weighted by atomic mass is 16.5. The van der Waals surface area contributed by atoms with Gasteiger partial charge in [0.1, 0.15) is 5.54 Å². The molecule has 1 aromatic rings. The van der Waals surface area contributed by atoms with E-state index in [9.17, 15) is 4.79 Å². The van der Waals surface area contributed by atoms with E-state index in [2.05, 4.69) is 5.32 Å². The molecule has 0 radical (unpaired) electrons. The molecular formula is C16H23NO3. The van der Waals surface area contributed by atoms with Crippen LogP contribution in [0.15, 0.2) is 24.3 Å². The van der Waals surface area contributed by atoms with E-state index in [0.29, 0.717) is 26.1 Å². The Bertz CT molecular complexity index is 457. The lowest BCUT2D eigenvalue weighted by Crippen LogP contribution is -2.53. The molecule has 1 aliphatic heterocycles. The van der Waals surface area contributed by atoms with Crippen LogP contribution in [0.1, 0.15) is 32.3 Å². The zero-order valence-corrected chi connectivity index (χ0v) is 12.4. The van der Waals surface area contributed by atoms with Gasteiger partial charge in [-0.2, -0.15) is 0 Å². The number of carbonyl (C=O) groups excluding carboxylic acids is 1. The van der Waals surface area contributed by atoms with Crippen molar-refractivity contribution in [2.24, 2.45) is 0 Å². The Hall–Kier alpha value is -1.55. The van der Waals surface area contributed by atoms with Gasteiger partial charge in [0.25, 0.3) is 0 Å². The van der Waals surface area contributed by atoms with E-state index < -0.39 is 5.54 Å². The van der Waals surface area contributed by atoms with E-state index >= 15 is 0 Å². The van der Waals surface area contributed by atoms with Crippen molar-refractivity contribution in [3.63, 3.8) is 0 Å². The minimum absolute atomic E-state index is 0.0473. The molecule has 2 rings (SSSR count). The molecule has 0 spiro atoms. The van der Waals surface area contributed by atoms with E-state index in [-0.39, 0.29) is 12.1 Å². The lowest BCUT2D eigenvalue weighted by Gasteiger charge is -2.39. The number of hydrogen-bond acceptors (Lipinski definition) is 4. The Morgan fingerprint density at radius 3 is 2.75 bits per heavy atom. The number of esters is 1. The summed E-state index contributed by atoms with van der Waals surface area (Å²) in [5.74, 6) is -0.185. The molecule has 4 heteroatoms. The smallest absolute Gasteiger partial charge is 0.331 e. The largest absolute Gasteiger partial charge is 0.464 e. The average Bonchev–Trinajstić information content (AvgIpc) is 2.42. The van der Waals surface area contributed by atoms with E-state index in [4.69, 9.17) is 9.47 Å². The first-order chi connectivity index (χ1) is 9.55. The van der Waals surface area contributed by atoms with E-state index in [1.165, 1.54) is 5.56 Å². The van der Waals surface area contributed by atoms with Crippen LogP contribution in [0.25, 0.3) is 0 Å². The Labute approximate surface area is 120 Å². The molecule has 0 bridgehead atoms. The van der Waals surface area contributed by atoms with E-state index in [1.54, 1.807) is 0 Å². The third-order valence-corrected chi connectivity index (χ3v) is 3.67. The van der Waals surface area contributed by atoms with E-state index in [1.807, 2.05) is 45.0 Å². The van der Waals surface area contributed by atoms with Crippen molar-refractivity contribution in [1.82, 2.24) is 0 Å². The fourth-order valence-electron chi connectivity index (χ4n) is 2.62. The van der Waals surface area contributed by atoms with Gasteiger partial charge in [-0.1, -0.05) is 17.7 Å². The van der Waals surface area contributed by atoms with Gasteiger partial charge in [-0.05, 0) is 32.9 Å². The van der Waals surface area contributed by atoms with Crippen LogP contribution in [0.5, 0.6) is 0 Å². The van der Waals surface area contributed by atoms with Crippen LogP contribution in [0.4, 0.5) is 5.69 Å². The summed E-state index contributed by atoms with van der Waals surface area (Å²) in [5.41, 5.74) is 1.46. The van der Waals surface area contributed by atoms with Gasteiger partial charge in [0.15, 0.2) is 0 Å². The van der Waals surface area contributed by atoms with Crippen molar-refractivity contribution in [1.29, 1.82) is 0 Å². The second kappa shape index (κ2) is 6.27. The van der Waals surface area contributed by atoms with Crippen molar-refractivity contribution in [2.75, 3.05) is 18.5 Å². The summed E-state index contributed by atoms with van der Waals surface area (Å²) in [7, 11) is 0. The van der Waals surface area contributed by atoms with Gasteiger partial charge in [-0.25, -0.2) is 4.79 Å². The fourth-order valence-corrected chi connectivity index (χ4v) is 2.62. The molecule has 1 aromatic carbocycles. The Morgan fingerprint density at radius 2 is 2.15 bits per heavy atom. The standard InChI is InChI=1S/C16H23NO3/c1-4-19-15(18)16(9-10-20-13(3)11-16)17-14-7-5-12(2)6-8-14/h5-8,13,17H,4,9-11H2,1-3H3. The van der Waals surface area contributed by atoms with Crippen LogP contribution in [0.3, 0.4) is 0 Å². The Morgan fingerprint density at radius 1 is 1.45 bits per heavy atom. The van der Waals surface area contributed by atoms with Crippen molar-refractivity contribution in [3.8, 4) is 0 Å². The summed E-state index contributed by atoms with van der Waals surface area (Å²) in [5, 5.41) is 3.38. The number of ether oxygens (including phenoxy) is 2. The van der Waals surface area contributed by atoms with Gasteiger partial charge >= 0.3 is 5.97 Å². The quantitative estimate of drug-likeness (QED) is 0.860. The Balaban J connectivity index is 2.21. The van der Waals surface area contributed by atoms with Crippen LogP contribution >= 0.6 is 0 Å².